The van der Waals surface area contributed by atoms with Crippen molar-refractivity contribution in [2.45, 2.75) is 49.8 Å². The third-order valence-corrected chi connectivity index (χ3v) is 6.39. The van der Waals surface area contributed by atoms with Gasteiger partial charge in [0.2, 0.25) is 0 Å². The van der Waals surface area contributed by atoms with E-state index < -0.39 is 24.5 Å². The number of rotatable bonds is 6. The maximum atomic E-state index is 10.4. The molecule has 0 spiro atoms. The molecule has 3 heterocycles. The van der Waals surface area contributed by atoms with Crippen LogP contribution in [0.25, 0.3) is 11.2 Å². The first-order valence-corrected chi connectivity index (χ1v) is 10.7. The van der Waals surface area contributed by atoms with Crippen molar-refractivity contribution < 1.29 is 24.4 Å². The fourth-order valence-corrected chi connectivity index (χ4v) is 4.81. The highest BCUT2D eigenvalue weighted by molar-refractivity contribution is 5.83. The number of aromatic nitrogens is 4. The van der Waals surface area contributed by atoms with E-state index >= 15 is 0 Å². The lowest BCUT2D eigenvalue weighted by Gasteiger charge is -2.28. The minimum Gasteiger partial charge on any atom is -0.496 e. The second-order valence-electron chi connectivity index (χ2n) is 8.10. The molecule has 0 bridgehead atoms. The van der Waals surface area contributed by atoms with Crippen molar-refractivity contribution in [2.75, 3.05) is 26.1 Å². The number of fused-ring (bicyclic) bond motifs is 2. The summed E-state index contributed by atoms with van der Waals surface area (Å²) in [6, 6.07) is 6.20. The van der Waals surface area contributed by atoms with Crippen molar-refractivity contribution in [3.05, 3.63) is 42.0 Å². The zero-order chi connectivity index (χ0) is 22.2. The molecule has 0 saturated carbocycles. The first-order valence-electron chi connectivity index (χ1n) is 10.7. The number of aliphatic hydroxyl groups excluding tert-OH is 2. The maximum Gasteiger partial charge on any atom is 0.167 e. The maximum absolute atomic E-state index is 10.4. The highest BCUT2D eigenvalue weighted by atomic mass is 16.6. The van der Waals surface area contributed by atoms with Crippen molar-refractivity contribution in [3.63, 3.8) is 0 Å². The van der Waals surface area contributed by atoms with Gasteiger partial charge in [-0.25, -0.2) is 15.0 Å². The lowest BCUT2D eigenvalue weighted by molar-refractivity contribution is -0.0583. The standard InChI is InChI=1S/C22H27N5O5/c1-30-15-8-4-5-12-13(15)6-3-7-14(12)26-20-17-21(24-10-23-20)27(11-25-17)22-19(31-2)18(29)16(9-28)32-22/h4-5,8,10-11,14,16,18-19,22,28-29H,3,6-7,9H2,1-2H3,(H,23,24,26)/t14?,16-,18-,19-,22-/m1/s1. The molecule has 2 aliphatic rings. The van der Waals surface area contributed by atoms with Crippen LogP contribution in [0.4, 0.5) is 5.82 Å². The minimum atomic E-state index is -0.958. The lowest BCUT2D eigenvalue weighted by atomic mass is 9.87. The molecule has 10 nitrogen and oxygen atoms in total. The second kappa shape index (κ2) is 8.62. The van der Waals surface area contributed by atoms with Gasteiger partial charge >= 0.3 is 0 Å². The Kier molecular flexibility index (Phi) is 5.68. The van der Waals surface area contributed by atoms with Crippen LogP contribution in [0.15, 0.2) is 30.9 Å². The number of aliphatic hydroxyl groups is 2. The van der Waals surface area contributed by atoms with E-state index in [9.17, 15) is 10.2 Å². The first-order chi connectivity index (χ1) is 15.7. The van der Waals surface area contributed by atoms with Crippen molar-refractivity contribution in [3.8, 4) is 5.75 Å². The van der Waals surface area contributed by atoms with Gasteiger partial charge in [0.25, 0.3) is 0 Å². The Labute approximate surface area is 185 Å². The minimum absolute atomic E-state index is 0.0761. The Hall–Kier alpha value is -2.79. The summed E-state index contributed by atoms with van der Waals surface area (Å²) in [5, 5.41) is 23.5. The average molecular weight is 441 g/mol. The van der Waals surface area contributed by atoms with Crippen molar-refractivity contribution in [1.82, 2.24) is 19.5 Å². The van der Waals surface area contributed by atoms with E-state index in [4.69, 9.17) is 14.2 Å². The second-order valence-corrected chi connectivity index (χ2v) is 8.10. The molecule has 1 unspecified atom stereocenters. The Morgan fingerprint density at radius 1 is 1.25 bits per heavy atom. The van der Waals surface area contributed by atoms with Gasteiger partial charge in [-0.05, 0) is 36.5 Å². The van der Waals surface area contributed by atoms with E-state index in [0.29, 0.717) is 17.0 Å². The third kappa shape index (κ3) is 3.39. The third-order valence-electron chi connectivity index (χ3n) is 6.39. The molecule has 1 aromatic carbocycles. The van der Waals surface area contributed by atoms with E-state index in [0.717, 1.165) is 25.0 Å². The van der Waals surface area contributed by atoms with E-state index in [1.165, 1.54) is 24.6 Å². The van der Waals surface area contributed by atoms with Gasteiger partial charge in [0.1, 0.15) is 30.4 Å². The number of ether oxygens (including phenoxy) is 3. The molecule has 5 atom stereocenters. The van der Waals surface area contributed by atoms with Crippen molar-refractivity contribution in [1.29, 1.82) is 0 Å². The van der Waals surface area contributed by atoms with Crippen LogP contribution < -0.4 is 10.1 Å². The molecule has 3 N–H and O–H groups in total. The van der Waals surface area contributed by atoms with E-state index in [1.54, 1.807) is 18.0 Å². The summed E-state index contributed by atoms with van der Waals surface area (Å²) in [6.07, 6.45) is 3.05. The quantitative estimate of drug-likeness (QED) is 0.523. The summed E-state index contributed by atoms with van der Waals surface area (Å²) in [4.78, 5) is 13.4. The number of benzene rings is 1. The van der Waals surface area contributed by atoms with Crippen LogP contribution in [0.5, 0.6) is 5.75 Å². The molecular formula is C22H27N5O5. The molecule has 1 aliphatic heterocycles. The molecule has 5 rings (SSSR count). The fraction of sp³-hybridized carbons (Fsp3) is 0.500. The van der Waals surface area contributed by atoms with Crippen LogP contribution in [0, 0.1) is 0 Å². The Bertz CT molecular complexity index is 1110. The van der Waals surface area contributed by atoms with E-state index in [-0.39, 0.29) is 12.6 Å². The van der Waals surface area contributed by atoms with Crippen LogP contribution in [0.3, 0.4) is 0 Å². The highest BCUT2D eigenvalue weighted by Crippen LogP contribution is 2.38. The largest absolute Gasteiger partial charge is 0.496 e. The summed E-state index contributed by atoms with van der Waals surface area (Å²) >= 11 is 0. The van der Waals surface area contributed by atoms with Crippen molar-refractivity contribution >= 4 is 17.0 Å². The predicted octanol–water partition coefficient (Wildman–Crippen LogP) is 1.59. The van der Waals surface area contributed by atoms with E-state index in [1.807, 2.05) is 12.1 Å². The molecule has 1 saturated heterocycles. The summed E-state index contributed by atoms with van der Waals surface area (Å²) in [5.74, 6) is 1.53. The molecule has 2 aromatic heterocycles. The van der Waals surface area contributed by atoms with Crippen LogP contribution in [-0.4, -0.2) is 68.9 Å². The zero-order valence-corrected chi connectivity index (χ0v) is 18.0. The van der Waals surface area contributed by atoms with Crippen molar-refractivity contribution in [2.24, 2.45) is 0 Å². The SMILES string of the molecule is COc1cccc2c1CCCC2Nc1ncnc2c1ncn2[C@@H]1O[C@H](CO)[C@@H](O)[C@H]1OC. The molecule has 0 amide bonds. The topological polar surface area (TPSA) is 124 Å². The monoisotopic (exact) mass is 441 g/mol. The lowest BCUT2D eigenvalue weighted by Crippen LogP contribution is -2.34. The molecule has 170 valence electrons. The molecule has 10 heteroatoms. The molecule has 3 aromatic rings. The van der Waals surface area contributed by atoms with Gasteiger partial charge in [0.05, 0.1) is 26.1 Å². The van der Waals surface area contributed by atoms with Gasteiger partial charge in [-0.15, -0.1) is 0 Å². The molecule has 0 radical (unpaired) electrons. The fourth-order valence-electron chi connectivity index (χ4n) is 4.81. The number of imidazole rings is 1. The predicted molar refractivity (Wildman–Crippen MR) is 115 cm³/mol. The van der Waals surface area contributed by atoms with Crippen LogP contribution in [-0.2, 0) is 15.9 Å². The normalized spacial score (nSPS) is 27.4. The highest BCUT2D eigenvalue weighted by Gasteiger charge is 2.45. The van der Waals surface area contributed by atoms with Gasteiger partial charge in [0.15, 0.2) is 23.2 Å². The van der Waals surface area contributed by atoms with Crippen LogP contribution >= 0.6 is 0 Å². The van der Waals surface area contributed by atoms with Gasteiger partial charge in [-0.1, -0.05) is 12.1 Å². The van der Waals surface area contributed by atoms with Crippen LogP contribution in [0.1, 0.15) is 36.2 Å². The summed E-state index contributed by atoms with van der Waals surface area (Å²) in [6.45, 7) is -0.309. The number of hydrogen-bond acceptors (Lipinski definition) is 9. The van der Waals surface area contributed by atoms with Crippen LogP contribution in [0.2, 0.25) is 0 Å². The van der Waals surface area contributed by atoms with Gasteiger partial charge in [0, 0.05) is 7.11 Å². The van der Waals surface area contributed by atoms with Gasteiger partial charge in [-0.3, -0.25) is 4.57 Å². The zero-order valence-electron chi connectivity index (χ0n) is 18.0. The first kappa shape index (κ1) is 21.1. The summed E-state index contributed by atoms with van der Waals surface area (Å²) in [5.41, 5.74) is 3.58. The number of nitrogens with zero attached hydrogens (tertiary/aromatic N) is 4. The molecular weight excluding hydrogens is 414 g/mol. The Morgan fingerprint density at radius 3 is 2.91 bits per heavy atom. The number of hydrogen-bond donors (Lipinski definition) is 3. The molecule has 1 aliphatic carbocycles. The van der Waals surface area contributed by atoms with Gasteiger partial charge < -0.3 is 29.7 Å². The molecule has 1 fully saturated rings. The number of anilines is 1. The Morgan fingerprint density at radius 2 is 2.12 bits per heavy atom. The van der Waals surface area contributed by atoms with Gasteiger partial charge in [-0.2, -0.15) is 0 Å². The average Bonchev–Trinajstić information content (AvgIpc) is 3.39. The number of methoxy groups -OCH3 is 2. The summed E-state index contributed by atoms with van der Waals surface area (Å²) in [7, 11) is 3.20. The van der Waals surface area contributed by atoms with E-state index in [2.05, 4.69) is 26.3 Å². The smallest absolute Gasteiger partial charge is 0.167 e. The Balaban J connectivity index is 1.48. The number of nitrogens with one attached hydrogen (secondary N) is 1. The molecule has 32 heavy (non-hydrogen) atoms. The summed E-state index contributed by atoms with van der Waals surface area (Å²) < 4.78 is 18.6.